The van der Waals surface area contributed by atoms with Crippen LogP contribution in [-0.2, 0) is 13.0 Å². The summed E-state index contributed by atoms with van der Waals surface area (Å²) >= 11 is 0. The van der Waals surface area contributed by atoms with Crippen molar-refractivity contribution in [3.05, 3.63) is 70.4 Å². The molecule has 26 heavy (non-hydrogen) atoms. The van der Waals surface area contributed by atoms with Gasteiger partial charge in [0.15, 0.2) is 0 Å². The minimum Gasteiger partial charge on any atom is -0.497 e. The summed E-state index contributed by atoms with van der Waals surface area (Å²) in [5.41, 5.74) is 6.06. The minimum absolute atomic E-state index is 0.0690. The molecule has 0 radical (unpaired) electrons. The second-order valence-electron chi connectivity index (χ2n) is 6.94. The van der Waals surface area contributed by atoms with Crippen LogP contribution in [0.1, 0.15) is 32.7 Å². The number of methoxy groups -OCH3 is 1. The van der Waals surface area contributed by atoms with E-state index in [0.717, 1.165) is 52.0 Å². The van der Waals surface area contributed by atoms with Crippen molar-refractivity contribution >= 4 is 16.8 Å². The van der Waals surface area contributed by atoms with Crippen molar-refractivity contribution in [3.63, 3.8) is 0 Å². The van der Waals surface area contributed by atoms with E-state index in [9.17, 15) is 4.79 Å². The van der Waals surface area contributed by atoms with E-state index in [1.165, 1.54) is 5.56 Å². The van der Waals surface area contributed by atoms with E-state index in [1.807, 2.05) is 49.1 Å². The summed E-state index contributed by atoms with van der Waals surface area (Å²) in [5, 5.41) is 0.928. The highest BCUT2D eigenvalue weighted by atomic mass is 16.5. The van der Waals surface area contributed by atoms with Gasteiger partial charge in [0, 0.05) is 24.2 Å². The SMILES string of the molecule is COc1ccc2c(c1)CN(C(=O)c1cc(C)nc3ccc(C)cc13)CC2. The molecule has 132 valence electrons. The van der Waals surface area contributed by atoms with Crippen LogP contribution in [0, 0.1) is 13.8 Å². The molecule has 1 amide bonds. The van der Waals surface area contributed by atoms with Gasteiger partial charge in [-0.15, -0.1) is 0 Å². The number of hydrogen-bond donors (Lipinski definition) is 0. The van der Waals surface area contributed by atoms with E-state index >= 15 is 0 Å². The third-order valence-electron chi connectivity index (χ3n) is 5.04. The number of ether oxygens (including phenoxy) is 1. The number of carbonyl (C=O) groups is 1. The second-order valence-corrected chi connectivity index (χ2v) is 6.94. The van der Waals surface area contributed by atoms with Gasteiger partial charge >= 0.3 is 0 Å². The molecule has 3 aromatic rings. The normalized spacial score (nSPS) is 13.6. The van der Waals surface area contributed by atoms with Gasteiger partial charge in [0.2, 0.25) is 0 Å². The first-order valence-corrected chi connectivity index (χ1v) is 8.88. The van der Waals surface area contributed by atoms with Crippen molar-refractivity contribution in [2.45, 2.75) is 26.8 Å². The summed E-state index contributed by atoms with van der Waals surface area (Å²) in [6, 6.07) is 14.1. The fourth-order valence-electron chi connectivity index (χ4n) is 3.65. The van der Waals surface area contributed by atoms with Gasteiger partial charge in [-0.05, 0) is 61.7 Å². The zero-order valence-electron chi connectivity index (χ0n) is 15.4. The first-order valence-electron chi connectivity index (χ1n) is 8.88. The number of carbonyl (C=O) groups excluding carboxylic acids is 1. The number of hydrogen-bond acceptors (Lipinski definition) is 3. The summed E-state index contributed by atoms with van der Waals surface area (Å²) in [7, 11) is 1.67. The smallest absolute Gasteiger partial charge is 0.254 e. The van der Waals surface area contributed by atoms with Crippen LogP contribution >= 0.6 is 0 Å². The predicted octanol–water partition coefficient (Wildman–Crippen LogP) is 4.06. The van der Waals surface area contributed by atoms with Crippen LogP contribution in [0.2, 0.25) is 0 Å². The van der Waals surface area contributed by atoms with E-state index < -0.39 is 0 Å². The van der Waals surface area contributed by atoms with Gasteiger partial charge in [-0.2, -0.15) is 0 Å². The molecule has 4 heteroatoms. The Balaban J connectivity index is 1.72. The standard InChI is InChI=1S/C22H22N2O2/c1-14-4-7-21-19(10-14)20(11-15(2)23-21)22(25)24-9-8-16-5-6-18(26-3)12-17(16)13-24/h4-7,10-12H,8-9,13H2,1-3H3. The lowest BCUT2D eigenvalue weighted by molar-refractivity contribution is 0.0736. The third kappa shape index (κ3) is 2.92. The Morgan fingerprint density at radius 2 is 1.92 bits per heavy atom. The zero-order valence-corrected chi connectivity index (χ0v) is 15.4. The molecular formula is C22H22N2O2. The first kappa shape index (κ1) is 16.6. The highest BCUT2D eigenvalue weighted by Gasteiger charge is 2.24. The van der Waals surface area contributed by atoms with Gasteiger partial charge in [0.25, 0.3) is 5.91 Å². The molecule has 1 aliphatic heterocycles. The van der Waals surface area contributed by atoms with Crippen molar-refractivity contribution < 1.29 is 9.53 Å². The summed E-state index contributed by atoms with van der Waals surface area (Å²) in [4.78, 5) is 19.8. The van der Waals surface area contributed by atoms with Crippen molar-refractivity contribution in [2.75, 3.05) is 13.7 Å². The fourth-order valence-corrected chi connectivity index (χ4v) is 3.65. The molecule has 1 aromatic heterocycles. The Hall–Kier alpha value is -2.88. The molecule has 0 unspecified atom stereocenters. The van der Waals surface area contributed by atoms with Crippen molar-refractivity contribution in [1.82, 2.24) is 9.88 Å². The van der Waals surface area contributed by atoms with Crippen LogP contribution in [0.4, 0.5) is 0 Å². The van der Waals surface area contributed by atoms with Gasteiger partial charge in [-0.1, -0.05) is 17.7 Å². The Morgan fingerprint density at radius 1 is 1.08 bits per heavy atom. The molecule has 0 bridgehead atoms. The predicted molar refractivity (Wildman–Crippen MR) is 103 cm³/mol. The van der Waals surface area contributed by atoms with Crippen molar-refractivity contribution in [1.29, 1.82) is 0 Å². The van der Waals surface area contributed by atoms with Gasteiger partial charge in [0.1, 0.15) is 5.75 Å². The molecule has 4 rings (SSSR count). The van der Waals surface area contributed by atoms with E-state index in [4.69, 9.17) is 4.74 Å². The molecule has 0 atom stereocenters. The maximum atomic E-state index is 13.3. The van der Waals surface area contributed by atoms with E-state index in [1.54, 1.807) is 7.11 Å². The van der Waals surface area contributed by atoms with E-state index in [0.29, 0.717) is 6.54 Å². The van der Waals surface area contributed by atoms with E-state index in [-0.39, 0.29) is 5.91 Å². The summed E-state index contributed by atoms with van der Waals surface area (Å²) in [6.07, 6.45) is 0.867. The summed E-state index contributed by atoms with van der Waals surface area (Å²) in [6.45, 7) is 5.32. The highest BCUT2D eigenvalue weighted by Crippen LogP contribution is 2.27. The van der Waals surface area contributed by atoms with Gasteiger partial charge in [-0.25, -0.2) is 0 Å². The quantitative estimate of drug-likeness (QED) is 0.703. The number of amides is 1. The lowest BCUT2D eigenvalue weighted by Gasteiger charge is -2.29. The Morgan fingerprint density at radius 3 is 2.73 bits per heavy atom. The monoisotopic (exact) mass is 346 g/mol. The summed E-state index contributed by atoms with van der Waals surface area (Å²) < 4.78 is 5.34. The van der Waals surface area contributed by atoms with Crippen molar-refractivity contribution in [3.8, 4) is 5.75 Å². The third-order valence-corrected chi connectivity index (χ3v) is 5.04. The largest absolute Gasteiger partial charge is 0.497 e. The number of aromatic nitrogens is 1. The molecule has 0 fully saturated rings. The van der Waals surface area contributed by atoms with Crippen LogP contribution in [-0.4, -0.2) is 29.4 Å². The average Bonchev–Trinajstić information content (AvgIpc) is 2.66. The number of rotatable bonds is 2. The van der Waals surface area contributed by atoms with Gasteiger partial charge < -0.3 is 9.64 Å². The van der Waals surface area contributed by atoms with Crippen LogP contribution in [0.3, 0.4) is 0 Å². The topological polar surface area (TPSA) is 42.4 Å². The van der Waals surface area contributed by atoms with Crippen molar-refractivity contribution in [2.24, 2.45) is 0 Å². The maximum Gasteiger partial charge on any atom is 0.254 e. The lowest BCUT2D eigenvalue weighted by atomic mass is 9.98. The minimum atomic E-state index is 0.0690. The van der Waals surface area contributed by atoms with Gasteiger partial charge in [0.05, 0.1) is 18.2 Å². The molecular weight excluding hydrogens is 324 g/mol. The Kier molecular flexibility index (Phi) is 4.11. The van der Waals surface area contributed by atoms with Crippen LogP contribution in [0.25, 0.3) is 10.9 Å². The zero-order chi connectivity index (χ0) is 18.3. The molecule has 0 aliphatic carbocycles. The average molecular weight is 346 g/mol. The molecule has 2 heterocycles. The molecule has 0 saturated carbocycles. The van der Waals surface area contributed by atoms with Crippen LogP contribution in [0.15, 0.2) is 42.5 Å². The molecule has 2 aromatic carbocycles. The molecule has 1 aliphatic rings. The van der Waals surface area contributed by atoms with Crippen LogP contribution in [0.5, 0.6) is 5.75 Å². The molecule has 4 nitrogen and oxygen atoms in total. The molecule has 0 N–H and O–H groups in total. The Bertz CT molecular complexity index is 1010. The number of pyridine rings is 1. The molecule has 0 spiro atoms. The van der Waals surface area contributed by atoms with Gasteiger partial charge in [-0.3, -0.25) is 9.78 Å². The summed E-state index contributed by atoms with van der Waals surface area (Å²) in [5.74, 6) is 0.901. The fraction of sp³-hybridized carbons (Fsp3) is 0.273. The lowest BCUT2D eigenvalue weighted by Crippen LogP contribution is -2.36. The number of benzene rings is 2. The van der Waals surface area contributed by atoms with Crippen LogP contribution < -0.4 is 4.74 Å². The number of fused-ring (bicyclic) bond motifs is 2. The first-order chi connectivity index (χ1) is 12.5. The second kappa shape index (κ2) is 6.45. The van der Waals surface area contributed by atoms with E-state index in [2.05, 4.69) is 17.1 Å². The maximum absolute atomic E-state index is 13.3. The Labute approximate surface area is 153 Å². The highest BCUT2D eigenvalue weighted by molar-refractivity contribution is 6.06. The number of nitrogens with zero attached hydrogens (tertiary/aromatic N) is 2. The molecule has 0 saturated heterocycles. The number of aryl methyl sites for hydroxylation is 2.